The predicted molar refractivity (Wildman–Crippen MR) is 47.3 cm³/mol. The fourth-order valence-electron chi connectivity index (χ4n) is 0.645. The highest BCUT2D eigenvalue weighted by molar-refractivity contribution is 5.81. The van der Waals surface area contributed by atoms with Gasteiger partial charge in [0, 0.05) is 6.08 Å². The van der Waals surface area contributed by atoms with Gasteiger partial charge in [-0.15, -0.1) is 0 Å². The second kappa shape index (κ2) is 7.34. The molecule has 0 amide bonds. The fourth-order valence-corrected chi connectivity index (χ4v) is 0.645. The van der Waals surface area contributed by atoms with Crippen LogP contribution in [0.5, 0.6) is 0 Å². The van der Waals surface area contributed by atoms with Crippen LogP contribution in [0.15, 0.2) is 12.2 Å². The zero-order valence-corrected chi connectivity index (χ0v) is 7.66. The van der Waals surface area contributed by atoms with E-state index < -0.39 is 5.97 Å². The van der Waals surface area contributed by atoms with Crippen LogP contribution in [-0.2, 0) is 14.3 Å². The summed E-state index contributed by atoms with van der Waals surface area (Å²) in [6.45, 7) is 2.41. The standard InChI is InChI=1S/C9H14O4/c1-2-3-7-13-9(12)6-4-5-8(10)11/h4-5H,2-3,6-7H2,1H3,(H,10,11)/b5-4+. The van der Waals surface area contributed by atoms with Gasteiger partial charge in [0.05, 0.1) is 13.0 Å². The van der Waals surface area contributed by atoms with Crippen molar-refractivity contribution in [2.75, 3.05) is 6.61 Å². The summed E-state index contributed by atoms with van der Waals surface area (Å²) in [4.78, 5) is 20.8. The summed E-state index contributed by atoms with van der Waals surface area (Å²) in [7, 11) is 0. The van der Waals surface area contributed by atoms with Crippen LogP contribution in [0.2, 0.25) is 0 Å². The van der Waals surface area contributed by atoms with E-state index in [0.29, 0.717) is 6.61 Å². The highest BCUT2D eigenvalue weighted by atomic mass is 16.5. The zero-order chi connectivity index (χ0) is 10.1. The SMILES string of the molecule is CCCCOC(=O)C/C=C/C(=O)O. The molecule has 0 fully saturated rings. The van der Waals surface area contributed by atoms with Crippen molar-refractivity contribution in [1.29, 1.82) is 0 Å². The first kappa shape index (κ1) is 11.7. The second-order valence-electron chi connectivity index (χ2n) is 2.52. The molecular formula is C9H14O4. The molecule has 0 heterocycles. The molecule has 0 aromatic carbocycles. The van der Waals surface area contributed by atoms with Crippen molar-refractivity contribution < 1.29 is 19.4 Å². The van der Waals surface area contributed by atoms with E-state index >= 15 is 0 Å². The summed E-state index contributed by atoms with van der Waals surface area (Å²) in [5, 5.41) is 8.20. The van der Waals surface area contributed by atoms with Gasteiger partial charge in [0.1, 0.15) is 0 Å². The van der Waals surface area contributed by atoms with Crippen LogP contribution in [0, 0.1) is 0 Å². The van der Waals surface area contributed by atoms with E-state index in [1.54, 1.807) is 0 Å². The predicted octanol–water partition coefficient (Wildman–Crippen LogP) is 1.36. The molecule has 0 aliphatic rings. The molecule has 0 rings (SSSR count). The molecule has 74 valence electrons. The highest BCUT2D eigenvalue weighted by Crippen LogP contribution is 1.92. The lowest BCUT2D eigenvalue weighted by molar-refractivity contribution is -0.142. The minimum Gasteiger partial charge on any atom is -0.478 e. The second-order valence-corrected chi connectivity index (χ2v) is 2.52. The van der Waals surface area contributed by atoms with Crippen LogP contribution in [-0.4, -0.2) is 23.7 Å². The normalized spacial score (nSPS) is 10.2. The minimum absolute atomic E-state index is 0.0238. The van der Waals surface area contributed by atoms with Gasteiger partial charge < -0.3 is 9.84 Å². The van der Waals surface area contributed by atoms with Crippen LogP contribution >= 0.6 is 0 Å². The molecule has 0 unspecified atom stereocenters. The average Bonchev–Trinajstić information content (AvgIpc) is 2.04. The lowest BCUT2D eigenvalue weighted by Crippen LogP contribution is -2.04. The molecule has 0 spiro atoms. The number of rotatable bonds is 6. The van der Waals surface area contributed by atoms with Gasteiger partial charge in [0.15, 0.2) is 0 Å². The number of carboxylic acids is 1. The summed E-state index contributed by atoms with van der Waals surface area (Å²) < 4.78 is 4.78. The van der Waals surface area contributed by atoms with Gasteiger partial charge in [-0.2, -0.15) is 0 Å². The van der Waals surface area contributed by atoms with E-state index in [1.165, 1.54) is 6.08 Å². The van der Waals surface area contributed by atoms with E-state index in [1.807, 2.05) is 6.92 Å². The van der Waals surface area contributed by atoms with Gasteiger partial charge in [0.25, 0.3) is 0 Å². The summed E-state index contributed by atoms with van der Waals surface area (Å²) in [5.41, 5.74) is 0. The molecule has 4 nitrogen and oxygen atoms in total. The Morgan fingerprint density at radius 3 is 2.69 bits per heavy atom. The smallest absolute Gasteiger partial charge is 0.327 e. The number of hydrogen-bond acceptors (Lipinski definition) is 3. The molecule has 0 aliphatic carbocycles. The lowest BCUT2D eigenvalue weighted by atomic mass is 10.3. The van der Waals surface area contributed by atoms with E-state index in [0.717, 1.165) is 18.9 Å². The summed E-state index contributed by atoms with van der Waals surface area (Å²) >= 11 is 0. The quantitative estimate of drug-likeness (QED) is 0.386. The number of esters is 1. The molecule has 0 saturated carbocycles. The third kappa shape index (κ3) is 8.59. The summed E-state index contributed by atoms with van der Waals surface area (Å²) in [5.74, 6) is -1.44. The molecule has 0 bridgehead atoms. The van der Waals surface area contributed by atoms with E-state index in [-0.39, 0.29) is 12.4 Å². The third-order valence-corrected chi connectivity index (χ3v) is 1.31. The van der Waals surface area contributed by atoms with Crippen molar-refractivity contribution in [2.24, 2.45) is 0 Å². The Hall–Kier alpha value is -1.32. The van der Waals surface area contributed by atoms with Gasteiger partial charge in [-0.3, -0.25) is 4.79 Å². The molecule has 4 heteroatoms. The van der Waals surface area contributed by atoms with E-state index in [9.17, 15) is 9.59 Å². The Morgan fingerprint density at radius 2 is 2.15 bits per heavy atom. The maximum atomic E-state index is 10.8. The molecular weight excluding hydrogens is 172 g/mol. The van der Waals surface area contributed by atoms with Crippen LogP contribution < -0.4 is 0 Å². The zero-order valence-electron chi connectivity index (χ0n) is 7.66. The first-order valence-corrected chi connectivity index (χ1v) is 4.22. The fraction of sp³-hybridized carbons (Fsp3) is 0.556. The van der Waals surface area contributed by atoms with Crippen molar-refractivity contribution in [1.82, 2.24) is 0 Å². The molecule has 0 saturated heterocycles. The average molecular weight is 186 g/mol. The van der Waals surface area contributed by atoms with Crippen LogP contribution in [0.3, 0.4) is 0 Å². The van der Waals surface area contributed by atoms with Gasteiger partial charge >= 0.3 is 11.9 Å². The minimum atomic E-state index is -1.05. The number of ether oxygens (including phenoxy) is 1. The molecule has 0 aliphatic heterocycles. The number of hydrogen-bond donors (Lipinski definition) is 1. The van der Waals surface area contributed by atoms with Crippen LogP contribution in [0.4, 0.5) is 0 Å². The topological polar surface area (TPSA) is 63.6 Å². The third-order valence-electron chi connectivity index (χ3n) is 1.31. The molecule has 0 radical (unpaired) electrons. The number of carbonyl (C=O) groups is 2. The van der Waals surface area contributed by atoms with Crippen molar-refractivity contribution >= 4 is 11.9 Å². The number of aliphatic carboxylic acids is 1. The Labute approximate surface area is 77.2 Å². The monoisotopic (exact) mass is 186 g/mol. The Balaban J connectivity index is 3.46. The maximum Gasteiger partial charge on any atom is 0.327 e. The van der Waals surface area contributed by atoms with Crippen LogP contribution in [0.25, 0.3) is 0 Å². The van der Waals surface area contributed by atoms with Crippen molar-refractivity contribution in [2.45, 2.75) is 26.2 Å². The largest absolute Gasteiger partial charge is 0.478 e. The van der Waals surface area contributed by atoms with E-state index in [4.69, 9.17) is 9.84 Å². The first-order chi connectivity index (χ1) is 6.16. The highest BCUT2D eigenvalue weighted by Gasteiger charge is 1.98. The molecule has 1 N–H and O–H groups in total. The molecule has 0 aromatic rings. The van der Waals surface area contributed by atoms with Crippen molar-refractivity contribution in [3.8, 4) is 0 Å². The summed E-state index contributed by atoms with van der Waals surface area (Å²) in [6, 6.07) is 0. The Morgan fingerprint density at radius 1 is 1.46 bits per heavy atom. The molecule has 0 aromatic heterocycles. The van der Waals surface area contributed by atoms with Gasteiger partial charge in [-0.05, 0) is 6.42 Å². The molecule has 13 heavy (non-hydrogen) atoms. The Kier molecular flexibility index (Phi) is 6.59. The van der Waals surface area contributed by atoms with Crippen molar-refractivity contribution in [3.63, 3.8) is 0 Å². The maximum absolute atomic E-state index is 10.8. The van der Waals surface area contributed by atoms with E-state index in [2.05, 4.69) is 0 Å². The Bertz CT molecular complexity index is 196. The first-order valence-electron chi connectivity index (χ1n) is 4.22. The lowest BCUT2D eigenvalue weighted by Gasteiger charge is -1.99. The summed E-state index contributed by atoms with van der Waals surface area (Å²) in [6.07, 6.45) is 4.04. The number of unbranched alkanes of at least 4 members (excludes halogenated alkanes) is 1. The number of carbonyl (C=O) groups excluding carboxylic acids is 1. The van der Waals surface area contributed by atoms with Crippen LogP contribution in [0.1, 0.15) is 26.2 Å². The number of carboxylic acid groups (broad SMARTS) is 1. The van der Waals surface area contributed by atoms with Gasteiger partial charge in [-0.25, -0.2) is 4.79 Å². The van der Waals surface area contributed by atoms with Gasteiger partial charge in [0.2, 0.25) is 0 Å². The van der Waals surface area contributed by atoms with Crippen molar-refractivity contribution in [3.05, 3.63) is 12.2 Å². The molecule has 0 atom stereocenters. The van der Waals surface area contributed by atoms with Gasteiger partial charge in [-0.1, -0.05) is 19.4 Å².